The van der Waals surface area contributed by atoms with Crippen LogP contribution in [0.4, 0.5) is 0 Å². The molecule has 0 radical (unpaired) electrons. The van der Waals surface area contributed by atoms with Crippen molar-refractivity contribution in [2.75, 3.05) is 0 Å². The molecule has 2 rings (SSSR count). The second kappa shape index (κ2) is 5.24. The summed E-state index contributed by atoms with van der Waals surface area (Å²) in [5.41, 5.74) is 0.469. The first-order valence-corrected chi connectivity index (χ1v) is 6.22. The van der Waals surface area contributed by atoms with Crippen molar-refractivity contribution in [2.24, 2.45) is 0 Å². The summed E-state index contributed by atoms with van der Waals surface area (Å²) in [7, 11) is 0. The maximum Gasteiger partial charge on any atom is 0.262 e. The predicted octanol–water partition coefficient (Wildman–Crippen LogP) is 0.219. The van der Waals surface area contributed by atoms with Crippen LogP contribution >= 0.6 is 0 Å². The van der Waals surface area contributed by atoms with E-state index in [0.717, 1.165) is 4.90 Å². The average Bonchev–Trinajstić information content (AvgIpc) is 2.63. The Balaban J connectivity index is 2.38. The van der Waals surface area contributed by atoms with Gasteiger partial charge in [0.2, 0.25) is 11.8 Å². The zero-order chi connectivity index (χ0) is 14.9. The highest BCUT2D eigenvalue weighted by atomic mass is 16.2. The molecule has 20 heavy (non-hydrogen) atoms. The highest BCUT2D eigenvalue weighted by Gasteiger charge is 2.45. The largest absolute Gasteiger partial charge is 0.295 e. The minimum atomic E-state index is -0.932. The van der Waals surface area contributed by atoms with Crippen molar-refractivity contribution >= 4 is 23.6 Å². The summed E-state index contributed by atoms with van der Waals surface area (Å²) in [6.07, 6.45) is 4.65. The van der Waals surface area contributed by atoms with Crippen molar-refractivity contribution in [3.8, 4) is 0 Å². The number of allylic oxidation sites excluding steroid dienone is 3. The molecule has 1 N–H and O–H groups in total. The Morgan fingerprint density at radius 3 is 2.40 bits per heavy atom. The Morgan fingerprint density at radius 1 is 1.20 bits per heavy atom. The standard InChI is InChI=1S/C14H14N2O4/c1-3-5-9-8(4-2)13(19)16(14(9)20)10-6-7-11(17)15-12(10)18/h3-5,10H,1,6-7H2,2H3,(H,15,17,18)/b8-4+,9-5+/t10-/m1/s1. The second-order valence-corrected chi connectivity index (χ2v) is 4.47. The quantitative estimate of drug-likeness (QED) is 0.576. The average molecular weight is 274 g/mol. The number of hydrogen-bond acceptors (Lipinski definition) is 4. The Kier molecular flexibility index (Phi) is 3.65. The van der Waals surface area contributed by atoms with Crippen LogP contribution in [0.15, 0.2) is 36.0 Å². The first-order valence-electron chi connectivity index (χ1n) is 6.22. The number of nitrogens with one attached hydrogen (secondary N) is 1. The summed E-state index contributed by atoms with van der Waals surface area (Å²) in [6.45, 7) is 5.15. The SMILES string of the molecule is C=C/C=C1/C(=O)N([C@@H]2CCC(=O)NC2=O)C(=O)/C1=C/C. The van der Waals surface area contributed by atoms with Crippen molar-refractivity contribution in [3.63, 3.8) is 0 Å². The number of nitrogens with zero attached hydrogens (tertiary/aromatic N) is 1. The second-order valence-electron chi connectivity index (χ2n) is 4.47. The molecule has 0 aliphatic carbocycles. The summed E-state index contributed by atoms with van der Waals surface area (Å²) in [6, 6.07) is -0.932. The zero-order valence-corrected chi connectivity index (χ0v) is 11.0. The zero-order valence-electron chi connectivity index (χ0n) is 11.0. The van der Waals surface area contributed by atoms with Gasteiger partial charge >= 0.3 is 0 Å². The third kappa shape index (κ3) is 2.09. The fourth-order valence-corrected chi connectivity index (χ4v) is 2.35. The van der Waals surface area contributed by atoms with Crippen LogP contribution in [-0.2, 0) is 19.2 Å². The summed E-state index contributed by atoms with van der Waals surface area (Å²) >= 11 is 0. The fraction of sp³-hybridized carbons (Fsp3) is 0.286. The van der Waals surface area contributed by atoms with E-state index in [9.17, 15) is 19.2 Å². The molecule has 1 atom stereocenters. The van der Waals surface area contributed by atoms with Gasteiger partial charge in [-0.3, -0.25) is 29.4 Å². The molecule has 0 aromatic carbocycles. The molecule has 2 saturated heterocycles. The van der Waals surface area contributed by atoms with Gasteiger partial charge in [-0.15, -0.1) is 0 Å². The molecule has 0 saturated carbocycles. The fourth-order valence-electron chi connectivity index (χ4n) is 2.35. The Hall–Kier alpha value is -2.50. The van der Waals surface area contributed by atoms with Gasteiger partial charge in [-0.05, 0) is 19.4 Å². The molecule has 0 unspecified atom stereocenters. The lowest BCUT2D eigenvalue weighted by Crippen LogP contribution is -2.54. The van der Waals surface area contributed by atoms with Gasteiger partial charge in [0.15, 0.2) is 0 Å². The van der Waals surface area contributed by atoms with E-state index in [1.807, 2.05) is 0 Å². The van der Waals surface area contributed by atoms with Gasteiger partial charge in [0.05, 0.1) is 5.57 Å². The van der Waals surface area contributed by atoms with Crippen LogP contribution < -0.4 is 5.32 Å². The predicted molar refractivity (Wildman–Crippen MR) is 70.1 cm³/mol. The lowest BCUT2D eigenvalue weighted by Gasteiger charge is -2.27. The van der Waals surface area contributed by atoms with Crippen molar-refractivity contribution in [1.29, 1.82) is 0 Å². The number of piperidine rings is 1. The number of hydrogen-bond donors (Lipinski definition) is 1. The van der Waals surface area contributed by atoms with Gasteiger partial charge in [-0.1, -0.05) is 18.7 Å². The van der Waals surface area contributed by atoms with E-state index in [1.165, 1.54) is 18.2 Å². The molecule has 4 amide bonds. The summed E-state index contributed by atoms with van der Waals surface area (Å²) < 4.78 is 0. The number of carbonyl (C=O) groups excluding carboxylic acids is 4. The molecule has 0 aromatic rings. The van der Waals surface area contributed by atoms with Crippen LogP contribution in [-0.4, -0.2) is 34.6 Å². The van der Waals surface area contributed by atoms with Crippen molar-refractivity contribution in [3.05, 3.63) is 36.0 Å². The third-order valence-electron chi connectivity index (χ3n) is 3.28. The Labute approximate surface area is 115 Å². The van der Waals surface area contributed by atoms with Gasteiger partial charge in [0.25, 0.3) is 11.8 Å². The molecule has 2 aliphatic heterocycles. The van der Waals surface area contributed by atoms with Crippen LogP contribution in [0.25, 0.3) is 0 Å². The van der Waals surface area contributed by atoms with Gasteiger partial charge in [0.1, 0.15) is 6.04 Å². The van der Waals surface area contributed by atoms with E-state index in [1.54, 1.807) is 6.92 Å². The van der Waals surface area contributed by atoms with Gasteiger partial charge in [-0.25, -0.2) is 0 Å². The first-order chi connectivity index (χ1) is 9.51. The van der Waals surface area contributed by atoms with E-state index < -0.39 is 29.7 Å². The molecule has 6 heteroatoms. The van der Waals surface area contributed by atoms with Gasteiger partial charge < -0.3 is 0 Å². The van der Waals surface area contributed by atoms with Crippen LogP contribution in [0.2, 0.25) is 0 Å². The molecular weight excluding hydrogens is 260 g/mol. The Bertz CT molecular complexity index is 586. The lowest BCUT2D eigenvalue weighted by atomic mass is 10.0. The number of likely N-dealkylation sites (tertiary alicyclic amines) is 1. The van der Waals surface area contributed by atoms with Crippen molar-refractivity contribution in [1.82, 2.24) is 10.2 Å². The number of amides is 4. The van der Waals surface area contributed by atoms with Crippen LogP contribution in [0.5, 0.6) is 0 Å². The summed E-state index contributed by atoms with van der Waals surface area (Å²) in [4.78, 5) is 48.4. The molecule has 0 aromatic heterocycles. The number of rotatable bonds is 2. The van der Waals surface area contributed by atoms with E-state index in [-0.39, 0.29) is 24.0 Å². The molecular formula is C14H14N2O4. The van der Waals surface area contributed by atoms with Crippen molar-refractivity contribution < 1.29 is 19.2 Å². The maximum atomic E-state index is 12.3. The minimum Gasteiger partial charge on any atom is -0.295 e. The van der Waals surface area contributed by atoms with Crippen LogP contribution in [0.1, 0.15) is 19.8 Å². The van der Waals surface area contributed by atoms with Crippen molar-refractivity contribution in [2.45, 2.75) is 25.8 Å². The summed E-state index contributed by atoms with van der Waals surface area (Å²) in [5, 5.41) is 2.14. The smallest absolute Gasteiger partial charge is 0.262 e. The lowest BCUT2D eigenvalue weighted by molar-refractivity contribution is -0.149. The minimum absolute atomic E-state index is 0.110. The normalized spacial score (nSPS) is 27.4. The molecule has 0 bridgehead atoms. The first kappa shape index (κ1) is 13.9. The van der Waals surface area contributed by atoms with E-state index in [0.29, 0.717) is 0 Å². The third-order valence-corrected chi connectivity index (χ3v) is 3.28. The number of carbonyl (C=O) groups is 4. The van der Waals surface area contributed by atoms with Crippen LogP contribution in [0.3, 0.4) is 0 Å². The van der Waals surface area contributed by atoms with E-state index in [2.05, 4.69) is 11.9 Å². The van der Waals surface area contributed by atoms with E-state index >= 15 is 0 Å². The molecule has 6 nitrogen and oxygen atoms in total. The molecule has 104 valence electrons. The highest BCUT2D eigenvalue weighted by Crippen LogP contribution is 2.29. The highest BCUT2D eigenvalue weighted by molar-refractivity contribution is 6.26. The van der Waals surface area contributed by atoms with E-state index in [4.69, 9.17) is 0 Å². The maximum absolute atomic E-state index is 12.3. The molecule has 2 aliphatic rings. The monoisotopic (exact) mass is 274 g/mol. The molecule has 2 fully saturated rings. The topological polar surface area (TPSA) is 83.6 Å². The van der Waals surface area contributed by atoms with Gasteiger partial charge in [0, 0.05) is 12.0 Å². The van der Waals surface area contributed by atoms with Gasteiger partial charge in [-0.2, -0.15) is 0 Å². The summed E-state index contributed by atoms with van der Waals surface area (Å²) in [5.74, 6) is -2.05. The molecule has 2 heterocycles. The molecule has 0 spiro atoms. The van der Waals surface area contributed by atoms with Crippen LogP contribution in [0, 0.1) is 0 Å². The Morgan fingerprint density at radius 2 is 1.85 bits per heavy atom. The number of imide groups is 2.